The van der Waals surface area contributed by atoms with Crippen LogP contribution in [0.4, 0.5) is 11.4 Å². The van der Waals surface area contributed by atoms with Crippen molar-refractivity contribution in [2.45, 2.75) is 9.79 Å². The Balaban J connectivity index is 0.000000420. The summed E-state index contributed by atoms with van der Waals surface area (Å²) in [6.07, 6.45) is 4.89. The molecule has 0 saturated heterocycles. The van der Waals surface area contributed by atoms with Gasteiger partial charge in [0.05, 0.1) is 14.7 Å². The fourth-order valence-electron chi connectivity index (χ4n) is 2.94. The molecule has 4 rings (SSSR count). The van der Waals surface area contributed by atoms with Gasteiger partial charge >= 0.3 is 10.1 Å². The van der Waals surface area contributed by atoms with E-state index >= 15 is 0 Å². The van der Waals surface area contributed by atoms with Crippen molar-refractivity contribution in [1.29, 1.82) is 0 Å². The summed E-state index contributed by atoms with van der Waals surface area (Å²) in [7, 11) is -7.56. The average molecular weight is 521 g/mol. The van der Waals surface area contributed by atoms with Gasteiger partial charge in [-0.15, -0.1) is 0 Å². The first kappa shape index (κ1) is 25.4. The number of benzene rings is 2. The van der Waals surface area contributed by atoms with Crippen molar-refractivity contribution in [2.24, 2.45) is 7.05 Å². The second-order valence-corrected chi connectivity index (χ2v) is 9.82. The summed E-state index contributed by atoms with van der Waals surface area (Å²) in [4.78, 5) is 18.4. The lowest BCUT2D eigenvalue weighted by molar-refractivity contribution is -0.671. The van der Waals surface area contributed by atoms with Crippen molar-refractivity contribution < 1.29 is 40.0 Å². The number of hydrogen-bond acceptors (Lipinski definition) is 10. The highest BCUT2D eigenvalue weighted by molar-refractivity contribution is 7.87. The summed E-state index contributed by atoms with van der Waals surface area (Å²) in [6.45, 7) is 0. The molecule has 0 aliphatic carbocycles. The second kappa shape index (κ2) is 9.57. The van der Waals surface area contributed by atoms with E-state index in [2.05, 4.69) is 0 Å². The Morgan fingerprint density at radius 2 is 1.51 bits per heavy atom. The van der Waals surface area contributed by atoms with Crippen molar-refractivity contribution in [2.75, 3.05) is 0 Å². The lowest BCUT2D eigenvalue weighted by Gasteiger charge is -2.10. The van der Waals surface area contributed by atoms with Crippen LogP contribution in [0.5, 0.6) is 0 Å². The van der Waals surface area contributed by atoms with Crippen molar-refractivity contribution in [3.8, 4) is 0 Å². The Bertz CT molecular complexity index is 1570. The Morgan fingerprint density at radius 1 is 0.943 bits per heavy atom. The van der Waals surface area contributed by atoms with E-state index in [1.807, 2.05) is 42.2 Å². The number of nitro benzene ring substituents is 2. The minimum atomic E-state index is -5.15. The zero-order valence-electron chi connectivity index (χ0n) is 17.7. The summed E-state index contributed by atoms with van der Waals surface area (Å²) in [5.41, 5.74) is -1.62. The highest BCUT2D eigenvalue weighted by Crippen LogP contribution is 2.39. The number of hydrogen-bond donors (Lipinski definition) is 0. The third-order valence-corrected chi connectivity index (χ3v) is 6.71. The molecule has 0 atom stereocenters. The van der Waals surface area contributed by atoms with Gasteiger partial charge in [-0.1, -0.05) is 6.07 Å². The van der Waals surface area contributed by atoms with Gasteiger partial charge in [0.2, 0.25) is 0 Å². The third-order valence-electron chi connectivity index (χ3n) is 4.54. The smallest absolute Gasteiger partial charge is 0.340 e. The molecule has 0 radical (unpaired) electrons. The number of aromatic nitrogens is 1. The van der Waals surface area contributed by atoms with E-state index in [0.717, 1.165) is 36.4 Å². The second-order valence-electron chi connectivity index (χ2n) is 6.96. The zero-order chi connectivity index (χ0) is 26.0. The molecule has 0 N–H and O–H groups in total. The molecule has 0 saturated carbocycles. The molecule has 3 aromatic rings. The van der Waals surface area contributed by atoms with Gasteiger partial charge in [-0.3, -0.25) is 20.2 Å². The van der Waals surface area contributed by atoms with Crippen LogP contribution in [-0.4, -0.2) is 31.2 Å². The molecule has 13 nitrogen and oxygen atoms in total. The van der Waals surface area contributed by atoms with Gasteiger partial charge in [0, 0.05) is 42.0 Å². The fourth-order valence-corrected chi connectivity index (χ4v) is 4.79. The van der Waals surface area contributed by atoms with Crippen molar-refractivity contribution in [3.05, 3.63) is 98.3 Å². The normalized spacial score (nSPS) is 14.9. The zero-order valence-corrected chi connectivity index (χ0v) is 19.3. The quantitative estimate of drug-likeness (QED) is 0.161. The van der Waals surface area contributed by atoms with Gasteiger partial charge in [0.1, 0.15) is 22.1 Å². The molecule has 182 valence electrons. The number of nitrogens with zero attached hydrogens (tertiary/aromatic N) is 3. The Hall–Kier alpha value is -4.21. The highest BCUT2D eigenvalue weighted by Gasteiger charge is 2.34. The molecule has 2 heterocycles. The lowest BCUT2D eigenvalue weighted by Crippen LogP contribution is -2.25. The molecule has 0 amide bonds. The van der Waals surface area contributed by atoms with Gasteiger partial charge in [-0.2, -0.15) is 8.42 Å². The molecule has 0 unspecified atom stereocenters. The van der Waals surface area contributed by atoms with Gasteiger partial charge in [0.25, 0.3) is 11.4 Å². The van der Waals surface area contributed by atoms with Crippen LogP contribution in [0.15, 0.2) is 76.8 Å². The predicted octanol–water partition coefficient (Wildman–Crippen LogP) is 2.14. The lowest BCUT2D eigenvalue weighted by atomic mass is 10.1. The number of nitro groups is 2. The standard InChI is InChI=1S/C14H8N2O10S2.C6H8N/c17-15(18)9-2-1-8(13(6-9)27(21,22)23)5-12-11-4-3-10(16(19)20)7-14(11)28(24,25)26-12;1-7-5-3-2-4-6-7/h1-7H,(H,21,22,23);2-6H,1H3/q;+1/p-1/b12-5-;. The average Bonchev–Trinajstić information content (AvgIpc) is 3.03. The van der Waals surface area contributed by atoms with Crippen LogP contribution < -0.4 is 4.57 Å². The number of fused-ring (bicyclic) bond motifs is 1. The molecule has 1 aliphatic rings. The molecule has 0 fully saturated rings. The molecule has 2 aromatic carbocycles. The predicted molar refractivity (Wildman–Crippen MR) is 118 cm³/mol. The van der Waals surface area contributed by atoms with Crippen molar-refractivity contribution in [3.63, 3.8) is 0 Å². The Labute approximate surface area is 198 Å². The van der Waals surface area contributed by atoms with E-state index < -0.39 is 57.0 Å². The molecule has 35 heavy (non-hydrogen) atoms. The number of pyridine rings is 1. The van der Waals surface area contributed by atoms with Crippen molar-refractivity contribution >= 4 is 43.4 Å². The molecular weight excluding hydrogens is 506 g/mol. The van der Waals surface area contributed by atoms with Crippen LogP contribution in [0.2, 0.25) is 0 Å². The molecule has 15 heteroatoms. The van der Waals surface area contributed by atoms with E-state index in [1.165, 1.54) is 0 Å². The minimum absolute atomic E-state index is 0.0989. The number of rotatable bonds is 4. The monoisotopic (exact) mass is 521 g/mol. The maximum absolute atomic E-state index is 12.1. The first-order chi connectivity index (χ1) is 16.3. The van der Waals surface area contributed by atoms with E-state index in [4.69, 9.17) is 4.18 Å². The summed E-state index contributed by atoms with van der Waals surface area (Å²) in [6, 6.07) is 11.3. The number of non-ortho nitro benzene ring substituents is 2. The van der Waals surface area contributed by atoms with Crippen LogP contribution in [0, 0.1) is 20.2 Å². The number of aryl methyl sites for hydroxylation is 1. The summed E-state index contributed by atoms with van der Waals surface area (Å²) >= 11 is 0. The fraction of sp³-hybridized carbons (Fsp3) is 0.0500. The van der Waals surface area contributed by atoms with E-state index in [-0.39, 0.29) is 11.1 Å². The summed E-state index contributed by atoms with van der Waals surface area (Å²) in [5, 5.41) is 21.6. The Morgan fingerprint density at radius 3 is 2.03 bits per heavy atom. The maximum Gasteiger partial charge on any atom is 0.340 e. The largest absolute Gasteiger partial charge is 0.744 e. The van der Waals surface area contributed by atoms with Crippen LogP contribution in [0.25, 0.3) is 11.8 Å². The van der Waals surface area contributed by atoms with Crippen molar-refractivity contribution in [1.82, 2.24) is 0 Å². The summed E-state index contributed by atoms with van der Waals surface area (Å²) < 4.78 is 65.3. The molecular formula is C20H15N3O10S2. The van der Waals surface area contributed by atoms with Crippen LogP contribution >= 0.6 is 0 Å². The Kier molecular flexibility index (Phi) is 6.95. The van der Waals surface area contributed by atoms with Gasteiger partial charge in [-0.25, -0.2) is 13.0 Å². The maximum atomic E-state index is 12.1. The van der Waals surface area contributed by atoms with E-state index in [9.17, 15) is 41.6 Å². The van der Waals surface area contributed by atoms with E-state index in [1.54, 1.807) is 0 Å². The topological polar surface area (TPSA) is 191 Å². The van der Waals surface area contributed by atoms with Crippen LogP contribution in [0.3, 0.4) is 0 Å². The van der Waals surface area contributed by atoms with E-state index in [0.29, 0.717) is 6.07 Å². The molecule has 1 aromatic heterocycles. The molecule has 1 aliphatic heterocycles. The van der Waals surface area contributed by atoms with Crippen LogP contribution in [-0.2, 0) is 31.5 Å². The molecule has 0 spiro atoms. The van der Waals surface area contributed by atoms with Gasteiger partial charge in [-0.05, 0) is 23.8 Å². The first-order valence-corrected chi connectivity index (χ1v) is 12.2. The van der Waals surface area contributed by atoms with Crippen LogP contribution in [0.1, 0.15) is 11.1 Å². The minimum Gasteiger partial charge on any atom is -0.744 e. The highest BCUT2D eigenvalue weighted by atomic mass is 32.2. The third kappa shape index (κ3) is 5.84. The first-order valence-electron chi connectivity index (χ1n) is 9.39. The molecule has 0 bridgehead atoms. The summed E-state index contributed by atoms with van der Waals surface area (Å²) in [5.74, 6) is -0.399. The van der Waals surface area contributed by atoms with Gasteiger partial charge < -0.3 is 8.74 Å². The van der Waals surface area contributed by atoms with Gasteiger partial charge in [0.15, 0.2) is 18.2 Å². The SMILES string of the molecule is C[n+]1ccccc1.O=[N+]([O-])c1ccc(/C=C2\OS(=O)(=O)c3cc([N+](=O)[O-])ccc32)c(S(=O)(=O)[O-])c1.